The van der Waals surface area contributed by atoms with E-state index in [4.69, 9.17) is 9.72 Å². The van der Waals surface area contributed by atoms with Gasteiger partial charge in [0.05, 0.1) is 18.0 Å². The molecule has 5 aromatic rings. The third-order valence-electron chi connectivity index (χ3n) is 7.32. The molecule has 43 heavy (non-hydrogen) atoms. The number of anilines is 1. The van der Waals surface area contributed by atoms with Crippen LogP contribution >= 0.6 is 11.8 Å². The van der Waals surface area contributed by atoms with Crippen molar-refractivity contribution in [1.82, 2.24) is 9.97 Å². The zero-order valence-electron chi connectivity index (χ0n) is 25.3. The van der Waals surface area contributed by atoms with Crippen LogP contribution in [-0.4, -0.2) is 28.2 Å². The summed E-state index contributed by atoms with van der Waals surface area (Å²) in [7, 11) is 0. The molecule has 1 aromatic heterocycles. The first-order valence-corrected chi connectivity index (χ1v) is 15.9. The lowest BCUT2D eigenvalue weighted by atomic mass is 9.92. The number of nitrogens with one attached hydrogen (secondary N) is 2. The van der Waals surface area contributed by atoms with Crippen molar-refractivity contribution in [1.29, 1.82) is 0 Å². The van der Waals surface area contributed by atoms with E-state index in [0.717, 1.165) is 62.4 Å². The lowest BCUT2D eigenvalue weighted by Gasteiger charge is -2.20. The van der Waals surface area contributed by atoms with Gasteiger partial charge in [-0.05, 0) is 53.6 Å². The number of nitrogens with zero attached hydrogens (tertiary/aromatic N) is 1. The van der Waals surface area contributed by atoms with Gasteiger partial charge >= 0.3 is 0 Å². The molecule has 0 aliphatic carbocycles. The molecule has 0 aliphatic rings. The van der Waals surface area contributed by atoms with Crippen molar-refractivity contribution in [3.63, 3.8) is 0 Å². The molecule has 0 atom stereocenters. The predicted molar refractivity (Wildman–Crippen MR) is 179 cm³/mol. The Balaban J connectivity index is 1.15. The number of benzene rings is 4. The molecular weight excluding hydrogens is 550 g/mol. The highest BCUT2D eigenvalue weighted by Crippen LogP contribution is 2.34. The summed E-state index contributed by atoms with van der Waals surface area (Å²) in [6.07, 6.45) is 0.860. The van der Waals surface area contributed by atoms with Crippen molar-refractivity contribution in [3.05, 3.63) is 120 Å². The van der Waals surface area contributed by atoms with Crippen LogP contribution in [0.15, 0.2) is 108 Å². The van der Waals surface area contributed by atoms with E-state index in [2.05, 4.69) is 80.5 Å². The summed E-state index contributed by atoms with van der Waals surface area (Å²) in [5.41, 5.74) is 8.04. The summed E-state index contributed by atoms with van der Waals surface area (Å²) in [6.45, 7) is 9.18. The Morgan fingerprint density at radius 3 is 2.00 bits per heavy atom. The number of hydrogen-bond donors (Lipinski definition) is 2. The topological polar surface area (TPSA) is 67.0 Å². The summed E-state index contributed by atoms with van der Waals surface area (Å²) in [5.74, 6) is 2.13. The molecule has 5 nitrogen and oxygen atoms in total. The van der Waals surface area contributed by atoms with E-state index in [1.807, 2.05) is 60.7 Å². The number of imidazole rings is 1. The predicted octanol–water partition coefficient (Wildman–Crippen LogP) is 9.80. The van der Waals surface area contributed by atoms with Crippen molar-refractivity contribution < 1.29 is 9.53 Å². The van der Waals surface area contributed by atoms with Gasteiger partial charge in [0.25, 0.3) is 5.91 Å². The highest BCUT2D eigenvalue weighted by atomic mass is 32.2. The van der Waals surface area contributed by atoms with Crippen molar-refractivity contribution >= 4 is 23.4 Å². The summed E-state index contributed by atoms with van der Waals surface area (Å²) < 4.78 is 5.99. The monoisotopic (exact) mass is 589 g/mol. The van der Waals surface area contributed by atoms with Gasteiger partial charge in [-0.3, -0.25) is 4.79 Å². The maximum Gasteiger partial charge on any atom is 0.255 e. The van der Waals surface area contributed by atoms with Crippen LogP contribution in [0.2, 0.25) is 0 Å². The molecule has 1 heterocycles. The van der Waals surface area contributed by atoms with Gasteiger partial charge < -0.3 is 15.0 Å². The second-order valence-corrected chi connectivity index (χ2v) is 12.2. The maximum absolute atomic E-state index is 13.2. The lowest BCUT2D eigenvalue weighted by molar-refractivity contribution is 0.102. The first-order valence-electron chi connectivity index (χ1n) is 14.9. The molecular formula is C37H39N3O2S. The molecule has 4 aromatic carbocycles. The Kier molecular flexibility index (Phi) is 10.0. The molecule has 0 bridgehead atoms. The summed E-state index contributed by atoms with van der Waals surface area (Å²) in [4.78, 5) is 21.6. The van der Waals surface area contributed by atoms with E-state index in [1.54, 1.807) is 11.8 Å². The number of thioether (sulfide) groups is 1. The number of aromatic amines is 1. The van der Waals surface area contributed by atoms with Crippen molar-refractivity contribution in [2.24, 2.45) is 0 Å². The van der Waals surface area contributed by atoms with E-state index < -0.39 is 0 Å². The highest BCUT2D eigenvalue weighted by molar-refractivity contribution is 7.99. The molecule has 0 aliphatic heterocycles. The van der Waals surface area contributed by atoms with Gasteiger partial charge in [0.1, 0.15) is 5.75 Å². The smallest absolute Gasteiger partial charge is 0.255 e. The number of para-hydroxylation sites is 1. The number of aromatic nitrogens is 2. The minimum atomic E-state index is -0.110. The van der Waals surface area contributed by atoms with E-state index in [0.29, 0.717) is 24.0 Å². The Bertz CT molecular complexity index is 1550. The summed E-state index contributed by atoms with van der Waals surface area (Å²) >= 11 is 1.69. The van der Waals surface area contributed by atoms with Crippen molar-refractivity contribution in [2.75, 3.05) is 17.7 Å². The Labute approximate surface area is 259 Å². The van der Waals surface area contributed by atoms with Gasteiger partial charge in [-0.25, -0.2) is 4.98 Å². The third kappa shape index (κ3) is 7.57. The van der Waals surface area contributed by atoms with Crippen LogP contribution in [0.5, 0.6) is 5.75 Å². The number of amides is 1. The van der Waals surface area contributed by atoms with E-state index in [-0.39, 0.29) is 5.91 Å². The minimum absolute atomic E-state index is 0.110. The van der Waals surface area contributed by atoms with Gasteiger partial charge in [-0.2, -0.15) is 0 Å². The Hall–Kier alpha value is -4.29. The fourth-order valence-electron chi connectivity index (χ4n) is 5.04. The zero-order chi connectivity index (χ0) is 30.2. The maximum atomic E-state index is 13.2. The number of H-pyrrole nitrogens is 1. The number of rotatable bonds is 12. The standard InChI is InChI=1S/C37H39N3O2S/c1-25(2)31-17-11-18-32(26(3)4)35(31)38-36(41)29-19-21-30(22-20-29)42-23-12-24-43-37-39-33(27-13-7-5-8-14-27)34(40-37)28-15-9-6-10-16-28/h5-11,13-22,25-26H,12,23-24H2,1-4H3,(H,38,41)(H,39,40). The number of carbonyl (C=O) groups is 1. The Morgan fingerprint density at radius 1 is 0.791 bits per heavy atom. The second-order valence-electron chi connectivity index (χ2n) is 11.1. The van der Waals surface area contributed by atoms with Crippen LogP contribution in [0.4, 0.5) is 5.69 Å². The minimum Gasteiger partial charge on any atom is -0.494 e. The van der Waals surface area contributed by atoms with Crippen LogP contribution in [-0.2, 0) is 0 Å². The quantitative estimate of drug-likeness (QED) is 0.112. The number of hydrogen-bond acceptors (Lipinski definition) is 4. The summed E-state index contributed by atoms with van der Waals surface area (Å²) in [5, 5.41) is 4.08. The third-order valence-corrected chi connectivity index (χ3v) is 8.28. The number of carbonyl (C=O) groups excluding carboxylic acids is 1. The number of ether oxygens (including phenoxy) is 1. The zero-order valence-corrected chi connectivity index (χ0v) is 26.1. The fourth-order valence-corrected chi connectivity index (χ4v) is 5.83. The lowest BCUT2D eigenvalue weighted by Crippen LogP contribution is -2.16. The van der Waals surface area contributed by atoms with E-state index in [1.165, 1.54) is 0 Å². The van der Waals surface area contributed by atoms with E-state index in [9.17, 15) is 4.79 Å². The van der Waals surface area contributed by atoms with Crippen LogP contribution in [0.3, 0.4) is 0 Å². The van der Waals surface area contributed by atoms with Gasteiger partial charge in [-0.1, -0.05) is 118 Å². The molecule has 0 radical (unpaired) electrons. The molecule has 0 spiro atoms. The fraction of sp³-hybridized carbons (Fsp3) is 0.243. The highest BCUT2D eigenvalue weighted by Gasteiger charge is 2.17. The molecule has 2 N–H and O–H groups in total. The largest absolute Gasteiger partial charge is 0.494 e. The van der Waals surface area contributed by atoms with Crippen molar-refractivity contribution in [3.8, 4) is 28.3 Å². The SMILES string of the molecule is CC(C)c1cccc(C(C)C)c1NC(=O)c1ccc(OCCCSc2nc(-c3ccccc3)c(-c3ccccc3)[nH]2)cc1. The molecule has 1 amide bonds. The molecule has 220 valence electrons. The molecule has 6 heteroatoms. The van der Waals surface area contributed by atoms with Crippen molar-refractivity contribution in [2.45, 2.75) is 51.1 Å². The van der Waals surface area contributed by atoms with Crippen LogP contribution in [0, 0.1) is 0 Å². The normalized spacial score (nSPS) is 11.2. The molecule has 5 rings (SSSR count). The van der Waals surface area contributed by atoms with Gasteiger partial charge in [0, 0.05) is 28.1 Å². The molecule has 0 fully saturated rings. The Morgan fingerprint density at radius 2 is 1.40 bits per heavy atom. The molecule has 0 saturated heterocycles. The van der Waals surface area contributed by atoms with Gasteiger partial charge in [0.15, 0.2) is 5.16 Å². The first kappa shape index (κ1) is 30.2. The van der Waals surface area contributed by atoms with Crippen LogP contribution < -0.4 is 10.1 Å². The second kappa shape index (κ2) is 14.3. The van der Waals surface area contributed by atoms with Gasteiger partial charge in [0.2, 0.25) is 0 Å². The average molecular weight is 590 g/mol. The first-order chi connectivity index (χ1) is 20.9. The van der Waals surface area contributed by atoms with Gasteiger partial charge in [-0.15, -0.1) is 0 Å². The average Bonchev–Trinajstić information content (AvgIpc) is 3.46. The van der Waals surface area contributed by atoms with Crippen LogP contribution in [0.1, 0.15) is 67.4 Å². The summed E-state index contributed by atoms with van der Waals surface area (Å²) in [6, 6.07) is 34.2. The van der Waals surface area contributed by atoms with Crippen LogP contribution in [0.25, 0.3) is 22.5 Å². The van der Waals surface area contributed by atoms with E-state index >= 15 is 0 Å². The molecule has 0 unspecified atom stereocenters. The molecule has 0 saturated carbocycles.